The van der Waals surface area contributed by atoms with E-state index in [0.717, 1.165) is 31.5 Å². The van der Waals surface area contributed by atoms with E-state index in [1.165, 1.54) is 6.40 Å². The fourth-order valence-electron chi connectivity index (χ4n) is 2.50. The number of hydrogen-bond donors (Lipinski definition) is 0. The summed E-state index contributed by atoms with van der Waals surface area (Å²) in [7, 11) is 0. The van der Waals surface area contributed by atoms with Gasteiger partial charge in [0.25, 0.3) is 5.91 Å². The van der Waals surface area contributed by atoms with E-state index in [9.17, 15) is 4.79 Å². The zero-order valence-electron chi connectivity index (χ0n) is 10.3. The maximum absolute atomic E-state index is 12.4. The molecule has 1 fully saturated rings. The normalized spacial score (nSPS) is 25.6. The molecule has 0 saturated carbocycles. The van der Waals surface area contributed by atoms with Crippen molar-refractivity contribution < 1.29 is 9.53 Å². The topological polar surface area (TPSA) is 54.8 Å². The second-order valence-electron chi connectivity index (χ2n) is 4.69. The van der Waals surface area contributed by atoms with Crippen LogP contribution in [0.1, 0.15) is 24.5 Å². The summed E-state index contributed by atoms with van der Waals surface area (Å²) in [5, 5.41) is 0.497. The minimum atomic E-state index is -0.530. The van der Waals surface area contributed by atoms with Gasteiger partial charge in [0, 0.05) is 31.0 Å². The molecule has 100 valence electrons. The minimum Gasteiger partial charge on any atom is -0.473 e. The van der Waals surface area contributed by atoms with Crippen LogP contribution in [0.2, 0.25) is 5.02 Å². The van der Waals surface area contributed by atoms with Gasteiger partial charge in [0.1, 0.15) is 0 Å². The lowest BCUT2D eigenvalue weighted by molar-refractivity contribution is -0.133. The molecule has 2 unspecified atom stereocenters. The highest BCUT2D eigenvalue weighted by Gasteiger charge is 2.38. The first-order valence-electron chi connectivity index (χ1n) is 6.32. The molecule has 0 N–H and O–H groups in total. The summed E-state index contributed by atoms with van der Waals surface area (Å²) in [6, 6.07) is 1.24. The van der Waals surface area contributed by atoms with Crippen molar-refractivity contribution in [2.24, 2.45) is 4.99 Å². The number of nitrogens with zero attached hydrogens (tertiary/aromatic N) is 3. The number of aromatic nitrogens is 1. The molecule has 1 amide bonds. The van der Waals surface area contributed by atoms with Gasteiger partial charge in [-0.05, 0) is 18.9 Å². The van der Waals surface area contributed by atoms with Crippen LogP contribution in [-0.2, 0) is 9.53 Å². The van der Waals surface area contributed by atoms with Crippen LogP contribution in [0, 0.1) is 0 Å². The van der Waals surface area contributed by atoms with Crippen molar-refractivity contribution in [1.29, 1.82) is 0 Å². The first-order chi connectivity index (χ1) is 9.27. The smallest absolute Gasteiger partial charge is 0.251 e. The van der Waals surface area contributed by atoms with E-state index in [0.29, 0.717) is 5.02 Å². The molecule has 2 aliphatic rings. The first-order valence-corrected chi connectivity index (χ1v) is 6.70. The van der Waals surface area contributed by atoms with Crippen LogP contribution in [-0.4, -0.2) is 41.3 Å². The van der Waals surface area contributed by atoms with Crippen LogP contribution in [0.3, 0.4) is 0 Å². The largest absolute Gasteiger partial charge is 0.473 e. The summed E-state index contributed by atoms with van der Waals surface area (Å²) in [4.78, 5) is 22.4. The van der Waals surface area contributed by atoms with E-state index in [1.54, 1.807) is 18.5 Å². The highest BCUT2D eigenvalue weighted by molar-refractivity contribution is 6.31. The summed E-state index contributed by atoms with van der Waals surface area (Å²) in [5.41, 5.74) is 0.756. The summed E-state index contributed by atoms with van der Waals surface area (Å²) in [6.07, 6.45) is 6.22. The third-order valence-corrected chi connectivity index (χ3v) is 3.81. The van der Waals surface area contributed by atoms with Gasteiger partial charge in [0.2, 0.25) is 0 Å². The van der Waals surface area contributed by atoms with E-state index >= 15 is 0 Å². The van der Waals surface area contributed by atoms with Gasteiger partial charge in [-0.25, -0.2) is 4.99 Å². The van der Waals surface area contributed by atoms with Gasteiger partial charge < -0.3 is 9.64 Å². The Morgan fingerprint density at radius 2 is 2.21 bits per heavy atom. The molecule has 3 heterocycles. The van der Waals surface area contributed by atoms with Crippen molar-refractivity contribution in [1.82, 2.24) is 9.88 Å². The molecule has 0 radical (unpaired) electrons. The Bertz CT molecular complexity index is 514. The first kappa shape index (κ1) is 12.4. The number of aliphatic imine (C=N–C) groups is 1. The summed E-state index contributed by atoms with van der Waals surface area (Å²) in [6.45, 7) is 1.61. The molecular formula is C13H14ClN3O2. The molecule has 0 aliphatic carbocycles. The van der Waals surface area contributed by atoms with Gasteiger partial charge >= 0.3 is 0 Å². The predicted molar refractivity (Wildman–Crippen MR) is 71.2 cm³/mol. The summed E-state index contributed by atoms with van der Waals surface area (Å²) < 4.78 is 5.46. The van der Waals surface area contributed by atoms with Crippen LogP contribution in [0.15, 0.2) is 23.5 Å². The van der Waals surface area contributed by atoms with E-state index in [2.05, 4.69) is 9.98 Å². The Kier molecular flexibility index (Phi) is 3.38. The number of likely N-dealkylation sites (tertiary alicyclic amines) is 1. The molecule has 0 bridgehead atoms. The Hall–Kier alpha value is -1.62. The average molecular weight is 280 g/mol. The molecule has 2 atom stereocenters. The molecule has 5 nitrogen and oxygen atoms in total. The molecule has 2 aliphatic heterocycles. The van der Waals surface area contributed by atoms with E-state index in [4.69, 9.17) is 16.3 Å². The molecule has 3 rings (SSSR count). The second kappa shape index (κ2) is 5.17. The number of carbonyl (C=O) groups excluding carboxylic acids is 1. The van der Waals surface area contributed by atoms with Gasteiger partial charge in [-0.3, -0.25) is 9.78 Å². The van der Waals surface area contributed by atoms with Gasteiger partial charge in [0.05, 0.1) is 5.02 Å². The average Bonchev–Trinajstić information content (AvgIpc) is 3.10. The quantitative estimate of drug-likeness (QED) is 0.830. The van der Waals surface area contributed by atoms with Crippen LogP contribution in [0.5, 0.6) is 0 Å². The highest BCUT2D eigenvalue weighted by Crippen LogP contribution is 2.32. The Morgan fingerprint density at radius 3 is 2.95 bits per heavy atom. The summed E-state index contributed by atoms with van der Waals surface area (Å²) in [5.74, 6) is 0.0177. The number of halogens is 1. The Morgan fingerprint density at radius 1 is 1.42 bits per heavy atom. The molecule has 19 heavy (non-hydrogen) atoms. The third-order valence-electron chi connectivity index (χ3n) is 3.50. The van der Waals surface area contributed by atoms with Gasteiger partial charge in [0.15, 0.2) is 18.5 Å². The van der Waals surface area contributed by atoms with Crippen LogP contribution in [0.4, 0.5) is 0 Å². The molecule has 1 aromatic rings. The number of pyridine rings is 1. The minimum absolute atomic E-state index is 0.0177. The zero-order valence-corrected chi connectivity index (χ0v) is 11.1. The standard InChI is InChI=1S/C13H14ClN3O2/c14-10-7-15-4-3-9(10)12-11(16-8-19-12)13(18)17-5-1-2-6-17/h3-4,7-8,11-12H,1-2,5-6H2. The van der Waals surface area contributed by atoms with Crippen molar-refractivity contribution in [3.63, 3.8) is 0 Å². The van der Waals surface area contributed by atoms with Gasteiger partial charge in [-0.15, -0.1) is 0 Å². The second-order valence-corrected chi connectivity index (χ2v) is 5.09. The predicted octanol–water partition coefficient (Wildman–Crippen LogP) is 1.83. The highest BCUT2D eigenvalue weighted by atomic mass is 35.5. The number of ether oxygens (including phenoxy) is 1. The molecule has 1 saturated heterocycles. The monoisotopic (exact) mass is 279 g/mol. The van der Waals surface area contributed by atoms with Crippen molar-refractivity contribution in [2.75, 3.05) is 13.1 Å². The van der Waals surface area contributed by atoms with E-state index < -0.39 is 12.1 Å². The SMILES string of the molecule is O=C(C1N=COC1c1ccncc1Cl)N1CCCC1. The number of carbonyl (C=O) groups is 1. The fourth-order valence-corrected chi connectivity index (χ4v) is 2.72. The zero-order chi connectivity index (χ0) is 13.2. The van der Waals surface area contributed by atoms with Crippen molar-refractivity contribution >= 4 is 23.9 Å². The Balaban J connectivity index is 1.83. The molecular weight excluding hydrogens is 266 g/mol. The number of rotatable bonds is 2. The maximum atomic E-state index is 12.4. The van der Waals surface area contributed by atoms with Gasteiger partial charge in [-0.1, -0.05) is 11.6 Å². The van der Waals surface area contributed by atoms with Crippen LogP contribution < -0.4 is 0 Å². The Labute approximate surface area is 116 Å². The van der Waals surface area contributed by atoms with Crippen molar-refractivity contribution in [2.45, 2.75) is 25.0 Å². The fraction of sp³-hybridized carbons (Fsp3) is 0.462. The molecule has 0 aromatic carbocycles. The molecule has 6 heteroatoms. The van der Waals surface area contributed by atoms with Gasteiger partial charge in [-0.2, -0.15) is 0 Å². The van der Waals surface area contributed by atoms with E-state index in [1.807, 2.05) is 4.90 Å². The number of amides is 1. The third kappa shape index (κ3) is 2.30. The molecule has 1 aromatic heterocycles. The van der Waals surface area contributed by atoms with E-state index in [-0.39, 0.29) is 5.91 Å². The lowest BCUT2D eigenvalue weighted by Crippen LogP contribution is -2.38. The van der Waals surface area contributed by atoms with Crippen LogP contribution in [0.25, 0.3) is 0 Å². The number of hydrogen-bond acceptors (Lipinski definition) is 4. The summed E-state index contributed by atoms with van der Waals surface area (Å²) >= 11 is 6.11. The van der Waals surface area contributed by atoms with Crippen molar-refractivity contribution in [3.05, 3.63) is 29.0 Å². The van der Waals surface area contributed by atoms with Crippen LogP contribution >= 0.6 is 11.6 Å². The lowest BCUT2D eigenvalue weighted by Gasteiger charge is -2.22. The molecule has 0 spiro atoms. The lowest BCUT2D eigenvalue weighted by atomic mass is 10.0. The maximum Gasteiger partial charge on any atom is 0.251 e. The van der Waals surface area contributed by atoms with Crippen molar-refractivity contribution in [3.8, 4) is 0 Å².